The van der Waals surface area contributed by atoms with Gasteiger partial charge >= 0.3 is 0 Å². The first-order chi connectivity index (χ1) is 14.7. The van der Waals surface area contributed by atoms with Crippen molar-refractivity contribution in [1.29, 1.82) is 0 Å². The molecule has 0 aliphatic carbocycles. The predicted molar refractivity (Wildman–Crippen MR) is 119 cm³/mol. The molecule has 156 valence electrons. The third kappa shape index (κ3) is 5.29. The van der Waals surface area contributed by atoms with Gasteiger partial charge in [0.15, 0.2) is 0 Å². The highest BCUT2D eigenvalue weighted by Gasteiger charge is 2.17. The van der Waals surface area contributed by atoms with Crippen molar-refractivity contribution in [2.24, 2.45) is 0 Å². The van der Waals surface area contributed by atoms with Crippen LogP contribution < -0.4 is 10.6 Å². The van der Waals surface area contributed by atoms with Crippen molar-refractivity contribution in [2.75, 3.05) is 13.1 Å². The Labute approximate surface area is 180 Å². The molecule has 1 amide bonds. The number of pyridine rings is 1. The smallest absolute Gasteiger partial charge is 0.251 e. The first-order valence-corrected chi connectivity index (χ1v) is 11.3. The van der Waals surface area contributed by atoms with Gasteiger partial charge in [-0.05, 0) is 68.8 Å². The number of carbonyl (C=O) groups excluding carboxylic acids is 1. The summed E-state index contributed by atoms with van der Waals surface area (Å²) in [5.74, 6) is 2.22. The molecular weight excluding hydrogens is 396 g/mol. The Balaban J connectivity index is 1.35. The third-order valence-electron chi connectivity index (χ3n) is 5.20. The summed E-state index contributed by atoms with van der Waals surface area (Å²) in [6.07, 6.45) is 5.87. The van der Waals surface area contributed by atoms with E-state index in [1.165, 1.54) is 12.8 Å². The molecule has 6 nitrogen and oxygen atoms in total. The second-order valence-corrected chi connectivity index (χ2v) is 8.69. The minimum Gasteiger partial charge on any atom is -0.441 e. The van der Waals surface area contributed by atoms with Crippen LogP contribution in [0.2, 0.25) is 0 Å². The number of aryl methyl sites for hydroxylation is 1. The fourth-order valence-corrected chi connectivity index (χ4v) is 4.63. The van der Waals surface area contributed by atoms with Crippen molar-refractivity contribution in [2.45, 2.75) is 37.3 Å². The Morgan fingerprint density at radius 1 is 1.23 bits per heavy atom. The van der Waals surface area contributed by atoms with Gasteiger partial charge in [-0.2, -0.15) is 11.8 Å². The van der Waals surface area contributed by atoms with Gasteiger partial charge in [-0.15, -0.1) is 0 Å². The Kier molecular flexibility index (Phi) is 6.81. The molecule has 0 atom stereocenters. The minimum atomic E-state index is -0.118. The van der Waals surface area contributed by atoms with Gasteiger partial charge in [0.1, 0.15) is 5.76 Å². The van der Waals surface area contributed by atoms with Crippen LogP contribution in [0.4, 0.5) is 0 Å². The van der Waals surface area contributed by atoms with Crippen LogP contribution in [0.3, 0.4) is 0 Å². The average molecular weight is 423 g/mol. The zero-order valence-corrected chi connectivity index (χ0v) is 17.9. The lowest BCUT2D eigenvalue weighted by Gasteiger charge is -2.21. The van der Waals surface area contributed by atoms with Crippen molar-refractivity contribution >= 4 is 17.7 Å². The van der Waals surface area contributed by atoms with E-state index < -0.39 is 0 Å². The predicted octanol–water partition coefficient (Wildman–Crippen LogP) is 3.96. The molecule has 0 spiro atoms. The van der Waals surface area contributed by atoms with E-state index >= 15 is 0 Å². The number of oxazole rings is 1. The zero-order chi connectivity index (χ0) is 20.8. The maximum Gasteiger partial charge on any atom is 0.251 e. The van der Waals surface area contributed by atoms with Crippen LogP contribution in [0.5, 0.6) is 0 Å². The van der Waals surface area contributed by atoms with E-state index in [9.17, 15) is 4.79 Å². The third-order valence-corrected chi connectivity index (χ3v) is 6.59. The molecule has 0 bridgehead atoms. The van der Waals surface area contributed by atoms with Gasteiger partial charge in [0.25, 0.3) is 5.91 Å². The van der Waals surface area contributed by atoms with Crippen molar-refractivity contribution in [3.05, 3.63) is 71.4 Å². The van der Waals surface area contributed by atoms with E-state index in [0.717, 1.165) is 41.4 Å². The van der Waals surface area contributed by atoms with Gasteiger partial charge in [0.2, 0.25) is 5.89 Å². The number of piperidine rings is 1. The monoisotopic (exact) mass is 422 g/mol. The maximum atomic E-state index is 12.4. The fourth-order valence-electron chi connectivity index (χ4n) is 3.40. The molecule has 30 heavy (non-hydrogen) atoms. The van der Waals surface area contributed by atoms with Crippen molar-refractivity contribution in [1.82, 2.24) is 20.6 Å². The van der Waals surface area contributed by atoms with Gasteiger partial charge in [0, 0.05) is 41.1 Å². The van der Waals surface area contributed by atoms with E-state index in [0.29, 0.717) is 23.2 Å². The molecule has 1 saturated heterocycles. The van der Waals surface area contributed by atoms with Gasteiger partial charge in [-0.3, -0.25) is 9.78 Å². The number of carbonyl (C=O) groups is 1. The number of amides is 1. The first kappa shape index (κ1) is 20.6. The van der Waals surface area contributed by atoms with Crippen LogP contribution in [0.25, 0.3) is 11.5 Å². The summed E-state index contributed by atoms with van der Waals surface area (Å²) < 4.78 is 5.90. The van der Waals surface area contributed by atoms with Crippen LogP contribution in [0.15, 0.2) is 53.2 Å². The highest BCUT2D eigenvalue weighted by molar-refractivity contribution is 7.99. The van der Waals surface area contributed by atoms with Crippen molar-refractivity contribution in [3.8, 4) is 11.5 Å². The summed E-state index contributed by atoms with van der Waals surface area (Å²) in [5, 5.41) is 7.00. The van der Waals surface area contributed by atoms with E-state index in [1.54, 1.807) is 24.5 Å². The van der Waals surface area contributed by atoms with Gasteiger partial charge in [-0.25, -0.2) is 4.98 Å². The Hall–Kier alpha value is -2.64. The second-order valence-electron chi connectivity index (χ2n) is 7.40. The molecule has 4 rings (SSSR count). The van der Waals surface area contributed by atoms with Crippen LogP contribution in [-0.4, -0.2) is 34.2 Å². The van der Waals surface area contributed by atoms with Gasteiger partial charge in [-0.1, -0.05) is 6.07 Å². The normalized spacial score (nSPS) is 14.6. The molecule has 2 aromatic heterocycles. The molecule has 0 radical (unpaired) electrons. The highest BCUT2D eigenvalue weighted by Crippen LogP contribution is 2.28. The maximum absolute atomic E-state index is 12.4. The molecule has 0 unspecified atom stereocenters. The molecule has 3 aromatic rings. The molecule has 7 heteroatoms. The lowest BCUT2D eigenvalue weighted by Crippen LogP contribution is -2.29. The van der Waals surface area contributed by atoms with E-state index in [-0.39, 0.29) is 5.91 Å². The largest absolute Gasteiger partial charge is 0.441 e. The molecule has 1 aromatic carbocycles. The molecule has 1 fully saturated rings. The van der Waals surface area contributed by atoms with Gasteiger partial charge < -0.3 is 15.1 Å². The minimum absolute atomic E-state index is 0.118. The van der Waals surface area contributed by atoms with Gasteiger partial charge in [0.05, 0.1) is 5.69 Å². The molecule has 1 aliphatic rings. The molecule has 2 N–H and O–H groups in total. The van der Waals surface area contributed by atoms with Crippen molar-refractivity contribution in [3.63, 3.8) is 0 Å². The van der Waals surface area contributed by atoms with E-state index in [4.69, 9.17) is 9.40 Å². The average Bonchev–Trinajstić information content (AvgIpc) is 3.18. The van der Waals surface area contributed by atoms with Crippen LogP contribution in [0, 0.1) is 6.92 Å². The number of rotatable bonds is 7. The Bertz CT molecular complexity index is 967. The molecular formula is C23H26N4O2S. The summed E-state index contributed by atoms with van der Waals surface area (Å²) in [6, 6.07) is 11.2. The first-order valence-electron chi connectivity index (χ1n) is 10.3. The van der Waals surface area contributed by atoms with Crippen LogP contribution in [-0.2, 0) is 12.3 Å². The molecule has 1 aliphatic heterocycles. The van der Waals surface area contributed by atoms with E-state index in [2.05, 4.69) is 15.6 Å². The number of thioether (sulfide) groups is 1. The standard InChI is InChI=1S/C23H26N4O2S/c1-16-21(15-30-20-8-11-24-12-9-20)27-23(29-16)19-6-4-18(5-7-19)22(28)26-14-17-3-2-10-25-13-17/h2-7,10,13,20,24H,8-9,11-12,14-15H2,1H3,(H,26,28). The quantitative estimate of drug-likeness (QED) is 0.600. The number of benzene rings is 1. The zero-order valence-electron chi connectivity index (χ0n) is 17.1. The fraction of sp³-hybridized carbons (Fsp3) is 0.348. The summed E-state index contributed by atoms with van der Waals surface area (Å²) >= 11 is 1.96. The van der Waals surface area contributed by atoms with Crippen molar-refractivity contribution < 1.29 is 9.21 Å². The Morgan fingerprint density at radius 2 is 2.03 bits per heavy atom. The summed E-state index contributed by atoms with van der Waals surface area (Å²) in [4.78, 5) is 21.1. The number of nitrogens with zero attached hydrogens (tertiary/aromatic N) is 2. The number of aromatic nitrogens is 2. The SMILES string of the molecule is Cc1oc(-c2ccc(C(=O)NCc3cccnc3)cc2)nc1CSC1CCNCC1. The molecule has 3 heterocycles. The summed E-state index contributed by atoms with van der Waals surface area (Å²) in [5.41, 5.74) is 3.45. The Morgan fingerprint density at radius 3 is 2.77 bits per heavy atom. The lowest BCUT2D eigenvalue weighted by atomic mass is 10.1. The summed E-state index contributed by atoms with van der Waals surface area (Å²) in [6.45, 7) is 4.62. The van der Waals surface area contributed by atoms with Crippen LogP contribution in [0.1, 0.15) is 40.2 Å². The second kappa shape index (κ2) is 9.91. The topological polar surface area (TPSA) is 80.1 Å². The summed E-state index contributed by atoms with van der Waals surface area (Å²) in [7, 11) is 0. The molecule has 0 saturated carbocycles. The highest BCUT2D eigenvalue weighted by atomic mass is 32.2. The number of nitrogens with one attached hydrogen (secondary N) is 2. The number of hydrogen-bond donors (Lipinski definition) is 2. The van der Waals surface area contributed by atoms with Crippen LogP contribution >= 0.6 is 11.8 Å². The number of hydrogen-bond acceptors (Lipinski definition) is 6. The van der Waals surface area contributed by atoms with E-state index in [1.807, 2.05) is 43.0 Å². The lowest BCUT2D eigenvalue weighted by molar-refractivity contribution is 0.0951.